The van der Waals surface area contributed by atoms with E-state index in [0.717, 1.165) is 23.2 Å². The molecule has 7 nitrogen and oxygen atoms in total. The number of carbonyl (C=O) groups excluding carboxylic acids is 1. The predicted molar refractivity (Wildman–Crippen MR) is 101 cm³/mol. The number of aromatic amines is 1. The number of methoxy groups -OCH3 is 1. The number of ether oxygens (including phenoxy) is 2. The van der Waals surface area contributed by atoms with E-state index in [1.54, 1.807) is 14.0 Å². The summed E-state index contributed by atoms with van der Waals surface area (Å²) in [5.41, 5.74) is 2.98. The molecule has 7 heteroatoms. The van der Waals surface area contributed by atoms with E-state index in [1.807, 2.05) is 30.0 Å². The smallest absolute Gasteiger partial charge is 0.345 e. The Balaban J connectivity index is 1.74. The molecule has 1 aromatic heterocycles. The molecular formula is C20H25N3O4. The van der Waals surface area contributed by atoms with Crippen molar-refractivity contribution < 1.29 is 14.3 Å². The van der Waals surface area contributed by atoms with Gasteiger partial charge in [0.25, 0.3) is 0 Å². The molecule has 0 saturated heterocycles. The van der Waals surface area contributed by atoms with Crippen LogP contribution in [0.15, 0.2) is 23.0 Å². The molecule has 1 N–H and O–H groups in total. The maximum absolute atomic E-state index is 12.9. The molecule has 27 heavy (non-hydrogen) atoms. The fourth-order valence-corrected chi connectivity index (χ4v) is 3.45. The lowest BCUT2D eigenvalue weighted by molar-refractivity contribution is -0.132. The Kier molecular flexibility index (Phi) is 5.78. The number of fused-ring (bicyclic) bond motifs is 1. The molecule has 0 bridgehead atoms. The molecule has 2 heterocycles. The fourth-order valence-electron chi connectivity index (χ4n) is 3.45. The fraction of sp³-hybridized carbons (Fsp3) is 0.450. The topological polar surface area (TPSA) is 84.5 Å². The van der Waals surface area contributed by atoms with Crippen LogP contribution in [-0.2, 0) is 17.8 Å². The molecule has 1 aliphatic heterocycles. The highest BCUT2D eigenvalue weighted by atomic mass is 16.5. The van der Waals surface area contributed by atoms with E-state index >= 15 is 0 Å². The third kappa shape index (κ3) is 4.30. The lowest BCUT2D eigenvalue weighted by Crippen LogP contribution is -2.34. The first-order chi connectivity index (χ1) is 13.0. The third-order valence-corrected chi connectivity index (χ3v) is 4.85. The van der Waals surface area contributed by atoms with Gasteiger partial charge in [0, 0.05) is 36.5 Å². The van der Waals surface area contributed by atoms with Crippen LogP contribution in [0.5, 0.6) is 11.5 Å². The number of nitrogens with zero attached hydrogens (tertiary/aromatic N) is 2. The molecule has 0 radical (unpaired) electrons. The van der Waals surface area contributed by atoms with Crippen molar-refractivity contribution in [2.75, 3.05) is 20.3 Å². The Labute approximate surface area is 158 Å². The van der Waals surface area contributed by atoms with Crippen molar-refractivity contribution in [3.8, 4) is 11.5 Å². The van der Waals surface area contributed by atoms with Crippen LogP contribution in [0.2, 0.25) is 0 Å². The Bertz CT molecular complexity index is 865. The second kappa shape index (κ2) is 8.24. The molecule has 0 atom stereocenters. The maximum atomic E-state index is 12.9. The van der Waals surface area contributed by atoms with Crippen LogP contribution in [0, 0.1) is 13.8 Å². The lowest BCUT2D eigenvalue weighted by atomic mass is 10.1. The number of benzene rings is 1. The van der Waals surface area contributed by atoms with Crippen LogP contribution >= 0.6 is 0 Å². The van der Waals surface area contributed by atoms with Gasteiger partial charge in [0.05, 0.1) is 13.7 Å². The highest BCUT2D eigenvalue weighted by molar-refractivity contribution is 5.76. The van der Waals surface area contributed by atoms with Gasteiger partial charge in [-0.25, -0.2) is 4.79 Å². The van der Waals surface area contributed by atoms with E-state index in [9.17, 15) is 9.59 Å². The van der Waals surface area contributed by atoms with Crippen molar-refractivity contribution in [1.29, 1.82) is 0 Å². The summed E-state index contributed by atoms with van der Waals surface area (Å²) >= 11 is 0. The monoisotopic (exact) mass is 371 g/mol. The Hall–Kier alpha value is -2.83. The van der Waals surface area contributed by atoms with Gasteiger partial charge in [-0.2, -0.15) is 4.98 Å². The van der Waals surface area contributed by atoms with Gasteiger partial charge in [-0.3, -0.25) is 4.79 Å². The number of carbonyl (C=O) groups is 1. The van der Waals surface area contributed by atoms with Crippen LogP contribution in [0.1, 0.15) is 35.4 Å². The molecule has 0 spiro atoms. The molecule has 1 aromatic carbocycles. The van der Waals surface area contributed by atoms with E-state index in [0.29, 0.717) is 49.7 Å². The van der Waals surface area contributed by atoms with Crippen molar-refractivity contribution in [2.24, 2.45) is 0 Å². The third-order valence-electron chi connectivity index (χ3n) is 4.85. The summed E-state index contributed by atoms with van der Waals surface area (Å²) in [5, 5.41) is 0. The van der Waals surface area contributed by atoms with Gasteiger partial charge in [-0.05, 0) is 38.3 Å². The highest BCUT2D eigenvalue weighted by Gasteiger charge is 2.21. The summed E-state index contributed by atoms with van der Waals surface area (Å²) in [6.07, 6.45) is 1.69. The number of rotatable bonds is 4. The van der Waals surface area contributed by atoms with Crippen LogP contribution in [0.3, 0.4) is 0 Å². The second-order valence-corrected chi connectivity index (χ2v) is 6.70. The first kappa shape index (κ1) is 18.9. The van der Waals surface area contributed by atoms with Gasteiger partial charge in [-0.15, -0.1) is 0 Å². The van der Waals surface area contributed by atoms with E-state index in [-0.39, 0.29) is 11.6 Å². The molecule has 1 amide bonds. The van der Waals surface area contributed by atoms with Gasteiger partial charge >= 0.3 is 5.69 Å². The summed E-state index contributed by atoms with van der Waals surface area (Å²) in [6.45, 7) is 5.33. The van der Waals surface area contributed by atoms with Crippen LogP contribution in [0.4, 0.5) is 0 Å². The summed E-state index contributed by atoms with van der Waals surface area (Å²) in [5.74, 6) is 1.48. The molecule has 2 aromatic rings. The number of para-hydroxylation sites is 1. The molecule has 1 aliphatic rings. The normalized spacial score (nSPS) is 14.0. The number of hydrogen-bond acceptors (Lipinski definition) is 5. The van der Waals surface area contributed by atoms with Crippen LogP contribution < -0.4 is 15.2 Å². The van der Waals surface area contributed by atoms with Gasteiger partial charge in [0.2, 0.25) is 5.91 Å². The maximum Gasteiger partial charge on any atom is 0.345 e. The van der Waals surface area contributed by atoms with E-state index in [1.165, 1.54) is 0 Å². The average molecular weight is 371 g/mol. The van der Waals surface area contributed by atoms with E-state index in [2.05, 4.69) is 9.97 Å². The molecule has 144 valence electrons. The molecular weight excluding hydrogens is 346 g/mol. The zero-order chi connectivity index (χ0) is 19.4. The van der Waals surface area contributed by atoms with Crippen LogP contribution in [-0.4, -0.2) is 41.0 Å². The van der Waals surface area contributed by atoms with Gasteiger partial charge in [-0.1, -0.05) is 12.1 Å². The van der Waals surface area contributed by atoms with Gasteiger partial charge < -0.3 is 19.4 Å². The van der Waals surface area contributed by atoms with Gasteiger partial charge in [0.15, 0.2) is 11.5 Å². The zero-order valence-corrected chi connectivity index (χ0v) is 16.0. The lowest BCUT2D eigenvalue weighted by Gasteiger charge is -2.27. The molecule has 0 fully saturated rings. The quantitative estimate of drug-likeness (QED) is 0.890. The number of hydrogen-bond donors (Lipinski definition) is 1. The Morgan fingerprint density at radius 2 is 2.19 bits per heavy atom. The van der Waals surface area contributed by atoms with Crippen molar-refractivity contribution in [1.82, 2.24) is 14.9 Å². The molecule has 0 aliphatic carbocycles. The van der Waals surface area contributed by atoms with Crippen molar-refractivity contribution in [3.63, 3.8) is 0 Å². The molecule has 3 rings (SSSR count). The number of aromatic nitrogens is 2. The molecule has 0 unspecified atom stereocenters. The minimum atomic E-state index is -0.352. The molecule has 0 saturated carbocycles. The Morgan fingerprint density at radius 3 is 2.93 bits per heavy atom. The summed E-state index contributed by atoms with van der Waals surface area (Å²) in [4.78, 5) is 32.8. The minimum Gasteiger partial charge on any atom is -0.493 e. The minimum absolute atomic E-state index is 0.0793. The first-order valence-corrected chi connectivity index (χ1v) is 9.12. The first-order valence-electron chi connectivity index (χ1n) is 9.12. The van der Waals surface area contributed by atoms with E-state index in [4.69, 9.17) is 9.47 Å². The average Bonchev–Trinajstić information content (AvgIpc) is 2.60. The summed E-state index contributed by atoms with van der Waals surface area (Å²) in [6, 6.07) is 5.73. The van der Waals surface area contributed by atoms with Gasteiger partial charge in [0.1, 0.15) is 0 Å². The largest absolute Gasteiger partial charge is 0.493 e. The van der Waals surface area contributed by atoms with Crippen molar-refractivity contribution >= 4 is 5.91 Å². The summed E-state index contributed by atoms with van der Waals surface area (Å²) in [7, 11) is 1.61. The van der Waals surface area contributed by atoms with Crippen molar-refractivity contribution in [2.45, 2.75) is 39.7 Å². The number of aryl methyl sites for hydroxylation is 2. The van der Waals surface area contributed by atoms with E-state index < -0.39 is 0 Å². The van der Waals surface area contributed by atoms with Crippen LogP contribution in [0.25, 0.3) is 0 Å². The Morgan fingerprint density at radius 1 is 1.37 bits per heavy atom. The predicted octanol–water partition coefficient (Wildman–Crippen LogP) is 2.14. The SMILES string of the molecule is COc1cccc2c1OCCCN(C(=O)CCc1c(C)nc(=O)[nH]c1C)C2. The number of amides is 1. The highest BCUT2D eigenvalue weighted by Crippen LogP contribution is 2.33. The zero-order valence-electron chi connectivity index (χ0n) is 16.0. The summed E-state index contributed by atoms with van der Waals surface area (Å²) < 4.78 is 11.2. The van der Waals surface area contributed by atoms with Crippen molar-refractivity contribution in [3.05, 3.63) is 51.2 Å². The number of H-pyrrole nitrogens is 1. The standard InChI is InChI=1S/C20H25N3O4/c1-13-16(14(2)22-20(25)21-13)8-9-18(24)23-10-5-11-27-19-15(12-23)6-4-7-17(19)26-3/h4,6-7H,5,8-12H2,1-3H3,(H,21,22,25). The number of nitrogens with one attached hydrogen (secondary N) is 1. The second-order valence-electron chi connectivity index (χ2n) is 6.70.